The summed E-state index contributed by atoms with van der Waals surface area (Å²) in [6.07, 6.45) is 1.65. The van der Waals surface area contributed by atoms with Crippen molar-refractivity contribution < 1.29 is 9.15 Å². The third-order valence-corrected chi connectivity index (χ3v) is 6.26. The first kappa shape index (κ1) is 19.7. The number of nitrogens with zero attached hydrogens (tertiary/aromatic N) is 3. The number of benzene rings is 2. The van der Waals surface area contributed by atoms with Crippen LogP contribution in [0.3, 0.4) is 0 Å². The smallest absolute Gasteiger partial charge is 0.276 e. The predicted octanol–water partition coefficient (Wildman–Crippen LogP) is 5.65. The van der Waals surface area contributed by atoms with Crippen LogP contribution in [0.1, 0.15) is 29.6 Å². The molecule has 0 saturated carbocycles. The van der Waals surface area contributed by atoms with Gasteiger partial charge in [0.25, 0.3) is 5.22 Å². The molecule has 0 atom stereocenters. The molecule has 0 aliphatic heterocycles. The summed E-state index contributed by atoms with van der Waals surface area (Å²) in [7, 11) is 1.66. The molecule has 4 aromatic rings. The van der Waals surface area contributed by atoms with E-state index in [2.05, 4.69) is 46.8 Å². The van der Waals surface area contributed by atoms with Crippen LogP contribution in [-0.4, -0.2) is 22.3 Å². The molecule has 0 aliphatic carbocycles. The first-order valence-electron chi connectivity index (χ1n) is 9.35. The Hall–Kier alpha value is -2.64. The maximum Gasteiger partial charge on any atom is 0.276 e. The minimum Gasteiger partial charge on any atom is -0.497 e. The predicted molar refractivity (Wildman–Crippen MR) is 117 cm³/mol. The van der Waals surface area contributed by atoms with Crippen molar-refractivity contribution in [3.63, 3.8) is 0 Å². The average Bonchev–Trinajstić information content (AvgIpc) is 3.42. The Morgan fingerprint density at radius 3 is 2.48 bits per heavy atom. The van der Waals surface area contributed by atoms with Crippen LogP contribution in [-0.2, 0) is 18.6 Å². The Bertz CT molecular complexity index is 1060. The summed E-state index contributed by atoms with van der Waals surface area (Å²) < 4.78 is 10.9. The molecule has 0 unspecified atom stereocenters. The molecule has 7 heteroatoms. The second-order valence-electron chi connectivity index (χ2n) is 6.47. The summed E-state index contributed by atoms with van der Waals surface area (Å²) in [5.41, 5.74) is 4.61. The molecule has 2 aromatic heterocycles. The molecule has 0 amide bonds. The number of ether oxygens (including phenoxy) is 1. The second-order valence-corrected chi connectivity index (χ2v) is 8.25. The van der Waals surface area contributed by atoms with Gasteiger partial charge < -0.3 is 9.15 Å². The number of methoxy groups -OCH3 is 1. The highest BCUT2D eigenvalue weighted by Crippen LogP contribution is 2.28. The minimum atomic E-state index is 0.565. The topological polar surface area (TPSA) is 61.0 Å². The third kappa shape index (κ3) is 5.05. The highest BCUT2D eigenvalue weighted by atomic mass is 32.2. The van der Waals surface area contributed by atoms with E-state index in [0.717, 1.165) is 34.0 Å². The van der Waals surface area contributed by atoms with E-state index in [1.54, 1.807) is 18.4 Å². The lowest BCUT2D eigenvalue weighted by atomic mass is 10.1. The van der Waals surface area contributed by atoms with Crippen LogP contribution in [0.4, 0.5) is 0 Å². The molecular weight excluding hydrogens is 402 g/mol. The van der Waals surface area contributed by atoms with Crippen LogP contribution in [0.5, 0.6) is 5.75 Å². The van der Waals surface area contributed by atoms with Gasteiger partial charge in [0.2, 0.25) is 5.89 Å². The van der Waals surface area contributed by atoms with E-state index in [1.165, 1.54) is 17.3 Å². The molecule has 0 aliphatic rings. The van der Waals surface area contributed by atoms with Gasteiger partial charge in [0.15, 0.2) is 0 Å². The van der Waals surface area contributed by atoms with Crippen molar-refractivity contribution in [1.29, 1.82) is 0 Å². The number of hydrogen-bond acceptors (Lipinski definition) is 7. The van der Waals surface area contributed by atoms with Crippen LogP contribution < -0.4 is 4.74 Å². The van der Waals surface area contributed by atoms with Crippen LogP contribution in [0.15, 0.2) is 63.6 Å². The Morgan fingerprint density at radius 2 is 1.76 bits per heavy atom. The molecule has 29 heavy (non-hydrogen) atoms. The molecule has 0 spiro atoms. The number of thioether (sulfide) groups is 1. The van der Waals surface area contributed by atoms with Crippen molar-refractivity contribution in [2.45, 2.75) is 30.7 Å². The van der Waals surface area contributed by atoms with Gasteiger partial charge >= 0.3 is 0 Å². The van der Waals surface area contributed by atoms with Gasteiger partial charge in [-0.2, -0.15) is 0 Å². The Kier molecular flexibility index (Phi) is 6.27. The van der Waals surface area contributed by atoms with Crippen molar-refractivity contribution in [2.24, 2.45) is 0 Å². The van der Waals surface area contributed by atoms with Gasteiger partial charge in [0, 0.05) is 16.7 Å². The van der Waals surface area contributed by atoms with Crippen LogP contribution >= 0.6 is 23.1 Å². The zero-order chi connectivity index (χ0) is 20.1. The van der Waals surface area contributed by atoms with Crippen molar-refractivity contribution in [1.82, 2.24) is 15.2 Å². The average molecular weight is 424 g/mol. The quantitative estimate of drug-likeness (QED) is 0.341. The highest BCUT2D eigenvalue weighted by molar-refractivity contribution is 7.98. The molecule has 2 heterocycles. The molecule has 5 nitrogen and oxygen atoms in total. The molecule has 0 saturated heterocycles. The molecule has 0 N–H and O–H groups in total. The minimum absolute atomic E-state index is 0.565. The van der Waals surface area contributed by atoms with E-state index in [1.807, 2.05) is 24.3 Å². The number of thiazole rings is 1. The SMILES string of the molecule is CCc1ccc(-c2nc(CSc3nnc(Cc4ccc(OC)cc4)o3)cs2)cc1. The maximum atomic E-state index is 5.77. The molecular formula is C22H21N3O2S2. The second kappa shape index (κ2) is 9.24. The van der Waals surface area contributed by atoms with Crippen molar-refractivity contribution in [3.05, 3.63) is 76.6 Å². The fourth-order valence-corrected chi connectivity index (χ4v) is 4.41. The summed E-state index contributed by atoms with van der Waals surface area (Å²) in [6, 6.07) is 16.4. The van der Waals surface area contributed by atoms with Crippen LogP contribution in [0, 0.1) is 0 Å². The maximum absolute atomic E-state index is 5.77. The fraction of sp³-hybridized carbons (Fsp3) is 0.227. The van der Waals surface area contributed by atoms with E-state index in [0.29, 0.717) is 23.3 Å². The number of rotatable bonds is 8. The van der Waals surface area contributed by atoms with Crippen LogP contribution in [0.25, 0.3) is 10.6 Å². The van der Waals surface area contributed by atoms with Gasteiger partial charge in [-0.25, -0.2) is 4.98 Å². The standard InChI is InChI=1S/C22H21N3O2S2/c1-3-15-4-8-17(9-5-15)21-23-18(13-28-21)14-29-22-25-24-20(27-22)12-16-6-10-19(26-2)11-7-16/h4-11,13H,3,12,14H2,1-2H3. The Morgan fingerprint density at radius 1 is 1.00 bits per heavy atom. The normalized spacial score (nSPS) is 11.0. The van der Waals surface area contributed by atoms with Crippen LogP contribution in [0.2, 0.25) is 0 Å². The lowest BCUT2D eigenvalue weighted by Crippen LogP contribution is -1.89. The summed E-state index contributed by atoms with van der Waals surface area (Å²) in [5.74, 6) is 2.14. The molecule has 2 aromatic carbocycles. The van der Waals surface area contributed by atoms with E-state index in [4.69, 9.17) is 14.1 Å². The van der Waals surface area contributed by atoms with Gasteiger partial charge in [-0.1, -0.05) is 55.1 Å². The van der Waals surface area contributed by atoms with Crippen molar-refractivity contribution in [3.8, 4) is 16.3 Å². The van der Waals surface area contributed by atoms with Gasteiger partial charge in [-0.05, 0) is 29.7 Å². The third-order valence-electron chi connectivity index (χ3n) is 4.47. The molecule has 0 radical (unpaired) electrons. The van der Waals surface area contributed by atoms with Crippen molar-refractivity contribution in [2.75, 3.05) is 7.11 Å². The lowest BCUT2D eigenvalue weighted by molar-refractivity contribution is 0.413. The number of aromatic nitrogens is 3. The van der Waals surface area contributed by atoms with E-state index < -0.39 is 0 Å². The zero-order valence-electron chi connectivity index (χ0n) is 16.3. The summed E-state index contributed by atoms with van der Waals surface area (Å²) >= 11 is 3.17. The van der Waals surface area contributed by atoms with Gasteiger partial charge in [-0.3, -0.25) is 0 Å². The molecule has 4 rings (SSSR count). The summed E-state index contributed by atoms with van der Waals surface area (Å²) in [6.45, 7) is 2.16. The van der Waals surface area contributed by atoms with Crippen molar-refractivity contribution >= 4 is 23.1 Å². The molecule has 0 fully saturated rings. The van der Waals surface area contributed by atoms with Gasteiger partial charge in [-0.15, -0.1) is 21.5 Å². The fourth-order valence-electron chi connectivity index (χ4n) is 2.81. The van der Waals surface area contributed by atoms with E-state index in [-0.39, 0.29) is 0 Å². The first-order chi connectivity index (χ1) is 14.2. The summed E-state index contributed by atoms with van der Waals surface area (Å²) in [4.78, 5) is 4.74. The number of hydrogen-bond donors (Lipinski definition) is 0. The Balaban J connectivity index is 1.34. The molecule has 148 valence electrons. The van der Waals surface area contributed by atoms with E-state index >= 15 is 0 Å². The highest BCUT2D eigenvalue weighted by Gasteiger charge is 2.10. The largest absolute Gasteiger partial charge is 0.497 e. The first-order valence-corrected chi connectivity index (χ1v) is 11.2. The molecule has 0 bridgehead atoms. The number of aryl methyl sites for hydroxylation is 1. The Labute approximate surface area is 178 Å². The lowest BCUT2D eigenvalue weighted by Gasteiger charge is -2.00. The summed E-state index contributed by atoms with van der Waals surface area (Å²) in [5, 5.41) is 12.0. The van der Waals surface area contributed by atoms with E-state index in [9.17, 15) is 0 Å². The monoisotopic (exact) mass is 423 g/mol. The van der Waals surface area contributed by atoms with Gasteiger partial charge in [0.05, 0.1) is 19.2 Å². The zero-order valence-corrected chi connectivity index (χ0v) is 17.9. The van der Waals surface area contributed by atoms with Gasteiger partial charge in [0.1, 0.15) is 10.8 Å².